The first-order valence-corrected chi connectivity index (χ1v) is 17.5. The summed E-state index contributed by atoms with van der Waals surface area (Å²) in [7, 11) is 3.85. The summed E-state index contributed by atoms with van der Waals surface area (Å²) >= 11 is 5.88. The van der Waals surface area contributed by atoms with E-state index >= 15 is 0 Å². The summed E-state index contributed by atoms with van der Waals surface area (Å²) in [6.45, 7) is 5.38. The molecule has 2 aromatic carbocycles. The number of benzene rings is 2. The number of nitrogens with zero attached hydrogens (tertiary/aromatic N) is 6. The fourth-order valence-corrected chi connectivity index (χ4v) is 6.92. The molecule has 0 bridgehead atoms. The van der Waals surface area contributed by atoms with Crippen LogP contribution < -0.4 is 10.1 Å². The van der Waals surface area contributed by atoms with Gasteiger partial charge in [-0.1, -0.05) is 29.8 Å². The number of aromatic nitrogens is 6. The molecule has 51 heavy (non-hydrogen) atoms. The van der Waals surface area contributed by atoms with Gasteiger partial charge in [0.15, 0.2) is 0 Å². The lowest BCUT2D eigenvalue weighted by molar-refractivity contribution is -0.0947. The van der Waals surface area contributed by atoms with E-state index in [9.17, 15) is 9.18 Å². The van der Waals surface area contributed by atoms with Crippen LogP contribution >= 0.6 is 11.6 Å². The maximum atomic E-state index is 14.2. The van der Waals surface area contributed by atoms with Crippen LogP contribution in [0.25, 0.3) is 27.5 Å². The van der Waals surface area contributed by atoms with Gasteiger partial charge in [-0.15, -0.1) is 0 Å². The molecule has 0 aliphatic carbocycles. The third-order valence-electron chi connectivity index (χ3n) is 9.36. The van der Waals surface area contributed by atoms with Crippen molar-refractivity contribution in [3.8, 4) is 5.88 Å². The van der Waals surface area contributed by atoms with E-state index in [1.807, 2.05) is 43.3 Å². The summed E-state index contributed by atoms with van der Waals surface area (Å²) < 4.78 is 28.1. The second-order valence-electron chi connectivity index (χ2n) is 12.9. The number of ether oxygens (including phenoxy) is 2. The van der Waals surface area contributed by atoms with Crippen molar-refractivity contribution in [2.75, 3.05) is 25.0 Å². The van der Waals surface area contributed by atoms with Crippen LogP contribution in [-0.2, 0) is 24.4 Å². The predicted molar refractivity (Wildman–Crippen MR) is 193 cm³/mol. The number of aromatic amines is 1. The Balaban J connectivity index is 0.979. The van der Waals surface area contributed by atoms with Crippen LogP contribution in [0.3, 0.4) is 0 Å². The van der Waals surface area contributed by atoms with E-state index in [0.29, 0.717) is 54.1 Å². The van der Waals surface area contributed by atoms with Crippen molar-refractivity contribution in [3.63, 3.8) is 0 Å². The van der Waals surface area contributed by atoms with E-state index < -0.39 is 11.0 Å². The number of fused-ring (bicyclic) bond motifs is 2. The number of pyridine rings is 2. The Morgan fingerprint density at radius 3 is 2.82 bits per heavy atom. The second-order valence-corrected chi connectivity index (χ2v) is 14.2. The molecule has 3 radical (unpaired) electrons. The van der Waals surface area contributed by atoms with Crippen LogP contribution in [0.1, 0.15) is 46.0 Å². The highest BCUT2D eigenvalue weighted by Crippen LogP contribution is 2.30. The number of anilines is 1. The molecule has 11 nitrogen and oxygen atoms in total. The van der Waals surface area contributed by atoms with E-state index in [1.54, 1.807) is 24.4 Å². The molecule has 0 saturated carbocycles. The Labute approximate surface area is 301 Å². The van der Waals surface area contributed by atoms with Gasteiger partial charge in [-0.2, -0.15) is 5.10 Å². The van der Waals surface area contributed by atoms with E-state index in [0.717, 1.165) is 64.1 Å². The quantitative estimate of drug-likeness (QED) is 0.160. The van der Waals surface area contributed by atoms with Gasteiger partial charge in [0.25, 0.3) is 5.91 Å². The molecule has 1 fully saturated rings. The minimum atomic E-state index is -0.457. The monoisotopic (exact) mass is 719 g/mol. The highest BCUT2D eigenvalue weighted by atomic mass is 35.5. The molecule has 14 heteroatoms. The molecule has 257 valence electrons. The minimum Gasteiger partial charge on any atom is -0.473 e. The fourth-order valence-electron chi connectivity index (χ4n) is 6.40. The molecule has 1 saturated heterocycles. The zero-order chi connectivity index (χ0) is 35.1. The molecule has 2 aliphatic rings. The van der Waals surface area contributed by atoms with Gasteiger partial charge < -0.3 is 19.4 Å². The summed E-state index contributed by atoms with van der Waals surface area (Å²) in [5.41, 5.74) is 6.16. The maximum absolute atomic E-state index is 14.2. The van der Waals surface area contributed by atoms with E-state index in [-0.39, 0.29) is 12.5 Å². The Morgan fingerprint density at radius 2 is 2.04 bits per heavy atom. The van der Waals surface area contributed by atoms with Crippen molar-refractivity contribution in [1.29, 1.82) is 0 Å². The average molecular weight is 720 g/mol. The highest BCUT2D eigenvalue weighted by molar-refractivity contribution is 6.30. The molecule has 0 unspecified atom stereocenters. The Bertz CT molecular complexity index is 2320. The zero-order valence-electron chi connectivity index (χ0n) is 27.7. The van der Waals surface area contributed by atoms with Crippen molar-refractivity contribution in [3.05, 3.63) is 112 Å². The molecule has 6 heterocycles. The standard InChI is InChI=1S/C37H33ClFN8O3Si/c1-22-27-17-33(40-18-31(27)45-44-22)43-36(48)24-6-8-32-30(15-24)41-34(47(32)21-37(51)11-14-50-37)19-46-12-9-23(10-13-46)29-3-2-4-35(42-29)49-20-25-5-7-26(38)16-28(25)39/h2-9,15-18H,10-14,19-21H2,1H3,(H,44,45)(H,40,43,48)/t37-/m1/s1. The fraction of sp³-hybridized carbons (Fsp3) is 0.270. The lowest BCUT2D eigenvalue weighted by Crippen LogP contribution is -2.48. The van der Waals surface area contributed by atoms with Crippen LogP contribution in [0, 0.1) is 12.7 Å². The third kappa shape index (κ3) is 7.02. The summed E-state index contributed by atoms with van der Waals surface area (Å²) in [4.78, 5) is 29.7. The molecular weight excluding hydrogens is 687 g/mol. The van der Waals surface area contributed by atoms with Crippen LogP contribution in [0.4, 0.5) is 10.2 Å². The van der Waals surface area contributed by atoms with E-state index in [1.165, 1.54) is 6.07 Å². The Kier molecular flexibility index (Phi) is 8.88. The molecule has 1 atom stereocenters. The van der Waals surface area contributed by atoms with Gasteiger partial charge in [0.05, 0.1) is 44.9 Å². The highest BCUT2D eigenvalue weighted by Gasteiger charge is 2.35. The summed E-state index contributed by atoms with van der Waals surface area (Å²) in [6, 6.07) is 17.6. The van der Waals surface area contributed by atoms with Gasteiger partial charge in [0.2, 0.25) is 5.88 Å². The van der Waals surface area contributed by atoms with Crippen molar-refractivity contribution >= 4 is 61.1 Å². The number of H-pyrrole nitrogens is 1. The van der Waals surface area contributed by atoms with Crippen LogP contribution in [0.5, 0.6) is 5.88 Å². The number of rotatable bonds is 10. The maximum Gasteiger partial charge on any atom is 0.256 e. The molecule has 4 aromatic heterocycles. The number of amides is 1. The van der Waals surface area contributed by atoms with E-state index in [2.05, 4.69) is 46.3 Å². The summed E-state index contributed by atoms with van der Waals surface area (Å²) in [5, 5.41) is 10.9. The summed E-state index contributed by atoms with van der Waals surface area (Å²) in [6.07, 6.45) is 5.49. The number of aryl methyl sites for hydroxylation is 1. The van der Waals surface area contributed by atoms with Crippen LogP contribution in [0.15, 0.2) is 72.9 Å². The third-order valence-corrected chi connectivity index (χ3v) is 10.1. The van der Waals surface area contributed by atoms with Gasteiger partial charge in [-0.3, -0.25) is 14.8 Å². The number of carbonyl (C=O) groups is 1. The first-order chi connectivity index (χ1) is 24.7. The topological polar surface area (TPSA) is 123 Å². The number of halogens is 2. The Morgan fingerprint density at radius 1 is 1.16 bits per heavy atom. The number of hydrogen-bond donors (Lipinski definition) is 2. The van der Waals surface area contributed by atoms with Crippen LogP contribution in [-0.4, -0.2) is 75.7 Å². The van der Waals surface area contributed by atoms with Gasteiger partial charge >= 0.3 is 0 Å². The zero-order valence-corrected chi connectivity index (χ0v) is 29.5. The molecule has 2 aliphatic heterocycles. The molecule has 8 rings (SSSR count). The van der Waals surface area contributed by atoms with Gasteiger partial charge in [-0.25, -0.2) is 19.3 Å². The van der Waals surface area contributed by atoms with E-state index in [4.69, 9.17) is 31.0 Å². The van der Waals surface area contributed by atoms with Gasteiger partial charge in [0.1, 0.15) is 29.6 Å². The number of nitrogens with one attached hydrogen (secondary N) is 2. The number of hydrogen-bond acceptors (Lipinski definition) is 8. The first kappa shape index (κ1) is 33.2. The minimum absolute atomic E-state index is 0.0548. The lowest BCUT2D eigenvalue weighted by Gasteiger charge is -2.39. The first-order valence-electron chi connectivity index (χ1n) is 16.7. The Hall–Kier alpha value is -4.95. The number of carbonyl (C=O) groups excluding carboxylic acids is 1. The lowest BCUT2D eigenvalue weighted by atomic mass is 10.0. The predicted octanol–water partition coefficient (Wildman–Crippen LogP) is 6.21. The molecule has 0 spiro atoms. The molecular formula is C37H33ClFN8O3Si. The van der Waals surface area contributed by atoms with Crippen molar-refractivity contribution in [2.24, 2.45) is 0 Å². The SMILES string of the molecule is Cc1[nH]nc2cnc(NC(=O)c3ccc4c(c3)nc(CN3CC=C(c5cccc(OCc6ccc(Cl)cc6F)n5)CC3)n4C[C@]3([Si])CCO3)cc12. The second kappa shape index (κ2) is 13.6. The van der Waals surface area contributed by atoms with Crippen LogP contribution in [0.2, 0.25) is 5.02 Å². The number of imidazole rings is 1. The molecule has 6 aromatic rings. The van der Waals surface area contributed by atoms with Crippen molar-refractivity contribution < 1.29 is 18.7 Å². The molecule has 2 N–H and O–H groups in total. The van der Waals surface area contributed by atoms with Crippen molar-refractivity contribution in [2.45, 2.75) is 44.7 Å². The van der Waals surface area contributed by atoms with Gasteiger partial charge in [0, 0.05) is 59.5 Å². The average Bonchev–Trinajstić information content (AvgIpc) is 3.65. The van der Waals surface area contributed by atoms with Crippen molar-refractivity contribution in [1.82, 2.24) is 34.6 Å². The molecule has 1 amide bonds. The van der Waals surface area contributed by atoms with Gasteiger partial charge in [-0.05, 0) is 67.8 Å². The summed E-state index contributed by atoms with van der Waals surface area (Å²) in [5.74, 6) is 1.09. The normalized spacial score (nSPS) is 17.8. The smallest absolute Gasteiger partial charge is 0.256 e. The largest absolute Gasteiger partial charge is 0.473 e.